The molecule has 2 aromatic carbocycles. The van der Waals surface area contributed by atoms with Gasteiger partial charge in [-0.1, -0.05) is 18.2 Å². The van der Waals surface area contributed by atoms with Crippen LogP contribution < -0.4 is 5.32 Å². The van der Waals surface area contributed by atoms with Crippen molar-refractivity contribution in [2.24, 2.45) is 0 Å². The summed E-state index contributed by atoms with van der Waals surface area (Å²) < 4.78 is 0. The van der Waals surface area contributed by atoms with Crippen molar-refractivity contribution in [1.82, 2.24) is 0 Å². The molecule has 0 aliphatic carbocycles. The van der Waals surface area contributed by atoms with Crippen LogP contribution in [0.15, 0.2) is 54.6 Å². The Morgan fingerprint density at radius 1 is 0.800 bits per heavy atom. The molecule has 0 aliphatic heterocycles. The second-order valence-electron chi connectivity index (χ2n) is 3.14. The largest absolute Gasteiger partial charge is 0.385 e. The van der Waals surface area contributed by atoms with Crippen molar-refractivity contribution in [2.75, 3.05) is 5.32 Å². The number of benzene rings is 2. The molecule has 0 saturated carbocycles. The molecule has 0 amide bonds. The van der Waals surface area contributed by atoms with Gasteiger partial charge in [0, 0.05) is 23.5 Å². The molecule has 0 fully saturated rings. The van der Waals surface area contributed by atoms with Crippen LogP contribution in [0.5, 0.6) is 0 Å². The highest BCUT2D eigenvalue weighted by Gasteiger charge is 2.02. The van der Waals surface area contributed by atoms with Crippen LogP contribution in [0.1, 0.15) is 0 Å². The molecule has 2 aromatic rings. The molecule has 15 heavy (non-hydrogen) atoms. The Balaban J connectivity index is 2.16. The molecule has 0 aromatic heterocycles. The second-order valence-corrected chi connectivity index (χ2v) is 3.14. The van der Waals surface area contributed by atoms with Crippen LogP contribution in [-0.2, 0) is 0 Å². The third kappa shape index (κ3) is 2.32. The summed E-state index contributed by atoms with van der Waals surface area (Å²) >= 11 is 0. The Hall–Kier alpha value is -2.34. The number of diazo groups is 1. The lowest BCUT2D eigenvalue weighted by atomic mass is 10.2. The van der Waals surface area contributed by atoms with Crippen LogP contribution in [-0.4, -0.2) is 0 Å². The van der Waals surface area contributed by atoms with Crippen molar-refractivity contribution >= 4 is 17.1 Å². The molecule has 0 atom stereocenters. The van der Waals surface area contributed by atoms with Crippen molar-refractivity contribution in [3.05, 3.63) is 59.6 Å². The predicted octanol–water partition coefficient (Wildman–Crippen LogP) is 3.91. The zero-order valence-electron chi connectivity index (χ0n) is 8.09. The number of nitrogens with zero attached hydrogens (tertiary/aromatic N) is 2. The molecular formula is C12H10N3+. The van der Waals surface area contributed by atoms with Crippen LogP contribution >= 0.6 is 0 Å². The van der Waals surface area contributed by atoms with Gasteiger partial charge in [-0.25, -0.2) is 0 Å². The van der Waals surface area contributed by atoms with E-state index in [1.807, 2.05) is 42.5 Å². The first-order valence-electron chi connectivity index (χ1n) is 4.66. The number of para-hydroxylation sites is 1. The highest BCUT2D eigenvalue weighted by molar-refractivity contribution is 5.62. The first-order chi connectivity index (χ1) is 7.38. The molecule has 0 saturated heterocycles. The minimum Gasteiger partial charge on any atom is -0.356 e. The van der Waals surface area contributed by atoms with Crippen LogP contribution in [0.25, 0.3) is 4.98 Å². The Morgan fingerprint density at radius 3 is 2.00 bits per heavy atom. The summed E-state index contributed by atoms with van der Waals surface area (Å²) in [4.78, 5) is 3.09. The fourth-order valence-electron chi connectivity index (χ4n) is 1.30. The summed E-state index contributed by atoms with van der Waals surface area (Å²) in [7, 11) is 0. The fraction of sp³-hybridized carbons (Fsp3) is 0. The summed E-state index contributed by atoms with van der Waals surface area (Å²) in [6.45, 7) is 0. The molecule has 0 aliphatic rings. The lowest BCUT2D eigenvalue weighted by molar-refractivity contribution is 1.46. The Labute approximate surface area is 88.0 Å². The van der Waals surface area contributed by atoms with Gasteiger partial charge < -0.3 is 5.32 Å². The molecule has 1 N–H and O–H groups in total. The van der Waals surface area contributed by atoms with E-state index in [9.17, 15) is 0 Å². The van der Waals surface area contributed by atoms with Gasteiger partial charge in [0.25, 0.3) is 0 Å². The van der Waals surface area contributed by atoms with E-state index in [1.165, 1.54) is 0 Å². The van der Waals surface area contributed by atoms with Crippen molar-refractivity contribution in [1.29, 1.82) is 5.39 Å². The highest BCUT2D eigenvalue weighted by atomic mass is 14.9. The number of hydrogen-bond acceptors (Lipinski definition) is 2. The zero-order valence-corrected chi connectivity index (χ0v) is 8.09. The van der Waals surface area contributed by atoms with Gasteiger partial charge in [0.1, 0.15) is 0 Å². The summed E-state index contributed by atoms with van der Waals surface area (Å²) in [6, 6.07) is 17.1. The van der Waals surface area contributed by atoms with Gasteiger partial charge in [0.15, 0.2) is 4.98 Å². The monoisotopic (exact) mass is 196 g/mol. The van der Waals surface area contributed by atoms with E-state index in [-0.39, 0.29) is 0 Å². The van der Waals surface area contributed by atoms with E-state index < -0.39 is 0 Å². The quantitative estimate of drug-likeness (QED) is 0.739. The standard InChI is InChI=1S/C12H10N3/c13-15-12-8-6-11(7-9-12)14-10-4-2-1-3-5-10/h1-9,14H/q+1. The zero-order chi connectivity index (χ0) is 10.5. The molecule has 0 spiro atoms. The lowest BCUT2D eigenvalue weighted by Gasteiger charge is -2.04. The average Bonchev–Trinajstić information content (AvgIpc) is 2.31. The molecule has 0 unspecified atom stereocenters. The summed E-state index contributed by atoms with van der Waals surface area (Å²) in [5.74, 6) is 0. The molecule has 72 valence electrons. The van der Waals surface area contributed by atoms with E-state index in [4.69, 9.17) is 5.39 Å². The van der Waals surface area contributed by atoms with Gasteiger partial charge in [0.05, 0.1) is 0 Å². The first kappa shape index (κ1) is 9.22. The molecule has 0 bridgehead atoms. The minimum absolute atomic E-state index is 0.550. The van der Waals surface area contributed by atoms with E-state index >= 15 is 0 Å². The van der Waals surface area contributed by atoms with Gasteiger partial charge in [0.2, 0.25) is 5.39 Å². The summed E-state index contributed by atoms with van der Waals surface area (Å²) in [5.41, 5.74) is 2.55. The van der Waals surface area contributed by atoms with E-state index in [2.05, 4.69) is 10.3 Å². The van der Waals surface area contributed by atoms with Crippen LogP contribution in [0.3, 0.4) is 0 Å². The number of rotatable bonds is 2. The lowest BCUT2D eigenvalue weighted by Crippen LogP contribution is -1.88. The number of nitrogens with one attached hydrogen (secondary N) is 1. The van der Waals surface area contributed by atoms with E-state index in [0.29, 0.717) is 5.69 Å². The number of anilines is 2. The van der Waals surface area contributed by atoms with E-state index in [0.717, 1.165) is 11.4 Å². The summed E-state index contributed by atoms with van der Waals surface area (Å²) in [5, 5.41) is 11.8. The van der Waals surface area contributed by atoms with Gasteiger partial charge >= 0.3 is 5.69 Å². The average molecular weight is 196 g/mol. The van der Waals surface area contributed by atoms with Crippen molar-refractivity contribution in [3.8, 4) is 0 Å². The molecular weight excluding hydrogens is 186 g/mol. The fourth-order valence-corrected chi connectivity index (χ4v) is 1.30. The summed E-state index contributed by atoms with van der Waals surface area (Å²) in [6.07, 6.45) is 0. The van der Waals surface area contributed by atoms with E-state index in [1.54, 1.807) is 12.1 Å². The Kier molecular flexibility index (Phi) is 2.61. The number of hydrogen-bond donors (Lipinski definition) is 1. The second kappa shape index (κ2) is 4.25. The Morgan fingerprint density at radius 2 is 1.40 bits per heavy atom. The molecule has 3 heteroatoms. The van der Waals surface area contributed by atoms with Gasteiger partial charge in [-0.2, -0.15) is 0 Å². The molecule has 0 heterocycles. The topological polar surface area (TPSA) is 40.2 Å². The van der Waals surface area contributed by atoms with Crippen molar-refractivity contribution in [3.63, 3.8) is 0 Å². The highest BCUT2D eigenvalue weighted by Crippen LogP contribution is 2.19. The maximum atomic E-state index is 8.52. The maximum Gasteiger partial charge on any atom is 0.385 e. The smallest absolute Gasteiger partial charge is 0.356 e. The minimum atomic E-state index is 0.550. The van der Waals surface area contributed by atoms with Gasteiger partial charge in [-0.05, 0) is 24.3 Å². The van der Waals surface area contributed by atoms with Crippen LogP contribution in [0.2, 0.25) is 0 Å². The maximum absolute atomic E-state index is 8.52. The molecule has 2 rings (SSSR count). The predicted molar refractivity (Wildman–Crippen MR) is 60.9 cm³/mol. The third-order valence-electron chi connectivity index (χ3n) is 2.05. The van der Waals surface area contributed by atoms with Gasteiger partial charge in [-0.15, -0.1) is 0 Å². The first-order valence-corrected chi connectivity index (χ1v) is 4.66. The molecule has 0 radical (unpaired) electrons. The normalized spacial score (nSPS) is 9.27. The van der Waals surface area contributed by atoms with Gasteiger partial charge in [-0.3, -0.25) is 0 Å². The van der Waals surface area contributed by atoms with Crippen LogP contribution in [0, 0.1) is 5.39 Å². The Bertz CT molecular complexity index is 468. The third-order valence-corrected chi connectivity index (χ3v) is 2.05. The van der Waals surface area contributed by atoms with Crippen LogP contribution in [0.4, 0.5) is 17.1 Å². The van der Waals surface area contributed by atoms with Crippen molar-refractivity contribution in [2.45, 2.75) is 0 Å². The molecule has 3 nitrogen and oxygen atoms in total. The SMILES string of the molecule is N#[N+]c1ccc(Nc2ccccc2)cc1. The van der Waals surface area contributed by atoms with Crippen molar-refractivity contribution < 1.29 is 0 Å².